The Hall–Kier alpha value is -2.28. The summed E-state index contributed by atoms with van der Waals surface area (Å²) in [6, 6.07) is 5.45. The highest BCUT2D eigenvalue weighted by molar-refractivity contribution is 7.80. The quantitative estimate of drug-likeness (QED) is 0.642. The van der Waals surface area contributed by atoms with Gasteiger partial charge in [-0.1, -0.05) is 6.07 Å². The SMILES string of the molecule is COC(=O)c1sc(NC(=S)NC(=O)c2cccs2)c(C#N)c1C. The Morgan fingerprint density at radius 2 is 2.17 bits per heavy atom. The number of hydrogen-bond donors (Lipinski definition) is 2. The molecule has 0 spiro atoms. The van der Waals surface area contributed by atoms with Gasteiger partial charge in [-0.3, -0.25) is 10.1 Å². The first-order valence-corrected chi connectivity index (χ1v) is 8.36. The fourth-order valence-electron chi connectivity index (χ4n) is 1.73. The first-order chi connectivity index (χ1) is 11.0. The monoisotopic (exact) mass is 365 g/mol. The second kappa shape index (κ2) is 7.32. The Morgan fingerprint density at radius 3 is 2.74 bits per heavy atom. The van der Waals surface area contributed by atoms with Gasteiger partial charge in [0.2, 0.25) is 0 Å². The van der Waals surface area contributed by atoms with Gasteiger partial charge >= 0.3 is 5.97 Å². The van der Waals surface area contributed by atoms with Gasteiger partial charge in [-0.2, -0.15) is 5.26 Å². The highest BCUT2D eigenvalue weighted by atomic mass is 32.1. The van der Waals surface area contributed by atoms with E-state index in [9.17, 15) is 14.9 Å². The number of amides is 1. The van der Waals surface area contributed by atoms with Gasteiger partial charge in [0.15, 0.2) is 5.11 Å². The third-order valence-electron chi connectivity index (χ3n) is 2.83. The molecular formula is C14H11N3O3S3. The number of anilines is 1. The molecule has 0 aromatic carbocycles. The van der Waals surface area contributed by atoms with Crippen LogP contribution in [-0.4, -0.2) is 24.1 Å². The summed E-state index contributed by atoms with van der Waals surface area (Å²) < 4.78 is 4.68. The van der Waals surface area contributed by atoms with E-state index in [0.717, 1.165) is 11.3 Å². The van der Waals surface area contributed by atoms with Gasteiger partial charge in [0.05, 0.1) is 17.6 Å². The number of thiocarbonyl (C=S) groups is 1. The standard InChI is InChI=1S/C14H11N3O3S3/c1-7-8(6-15)12(23-10(7)13(19)20-2)17-14(21)16-11(18)9-4-3-5-22-9/h3-5H,1-2H3,(H2,16,17,18,21). The van der Waals surface area contributed by atoms with Crippen LogP contribution in [0.15, 0.2) is 17.5 Å². The molecular weight excluding hydrogens is 354 g/mol. The molecule has 0 atom stereocenters. The van der Waals surface area contributed by atoms with Crippen LogP contribution < -0.4 is 10.6 Å². The second-order valence-electron chi connectivity index (χ2n) is 4.25. The van der Waals surface area contributed by atoms with Crippen LogP contribution >= 0.6 is 34.9 Å². The lowest BCUT2D eigenvalue weighted by molar-refractivity contribution is 0.0605. The van der Waals surface area contributed by atoms with Gasteiger partial charge in [-0.05, 0) is 36.2 Å². The number of methoxy groups -OCH3 is 1. The van der Waals surface area contributed by atoms with E-state index in [-0.39, 0.29) is 11.0 Å². The fourth-order valence-corrected chi connectivity index (χ4v) is 3.69. The molecule has 9 heteroatoms. The van der Waals surface area contributed by atoms with E-state index in [2.05, 4.69) is 15.4 Å². The summed E-state index contributed by atoms with van der Waals surface area (Å²) in [5.74, 6) is -0.858. The van der Waals surface area contributed by atoms with E-state index < -0.39 is 5.97 Å². The van der Waals surface area contributed by atoms with Crippen molar-refractivity contribution in [3.63, 3.8) is 0 Å². The normalized spacial score (nSPS) is 9.78. The van der Waals surface area contributed by atoms with E-state index in [4.69, 9.17) is 12.2 Å². The lowest BCUT2D eigenvalue weighted by Crippen LogP contribution is -2.33. The minimum atomic E-state index is -0.523. The number of carbonyl (C=O) groups excluding carboxylic acids is 2. The Balaban J connectivity index is 2.16. The van der Waals surface area contributed by atoms with E-state index in [1.54, 1.807) is 24.4 Å². The highest BCUT2D eigenvalue weighted by Crippen LogP contribution is 2.32. The van der Waals surface area contributed by atoms with E-state index in [1.165, 1.54) is 18.4 Å². The van der Waals surface area contributed by atoms with Gasteiger partial charge in [-0.15, -0.1) is 22.7 Å². The van der Waals surface area contributed by atoms with Crippen molar-refractivity contribution >= 4 is 56.9 Å². The summed E-state index contributed by atoms with van der Waals surface area (Å²) in [4.78, 5) is 24.4. The van der Waals surface area contributed by atoms with Crippen molar-refractivity contribution in [2.75, 3.05) is 12.4 Å². The summed E-state index contributed by atoms with van der Waals surface area (Å²) >= 11 is 7.42. The van der Waals surface area contributed by atoms with Crippen molar-refractivity contribution in [1.82, 2.24) is 5.32 Å². The van der Waals surface area contributed by atoms with Crippen molar-refractivity contribution in [2.24, 2.45) is 0 Å². The van der Waals surface area contributed by atoms with Gasteiger partial charge in [0.1, 0.15) is 15.9 Å². The van der Waals surface area contributed by atoms with Gasteiger partial charge in [-0.25, -0.2) is 4.79 Å². The molecule has 1 amide bonds. The molecule has 23 heavy (non-hydrogen) atoms. The van der Waals surface area contributed by atoms with Gasteiger partial charge < -0.3 is 10.1 Å². The van der Waals surface area contributed by atoms with Crippen LogP contribution in [0.4, 0.5) is 5.00 Å². The zero-order valence-electron chi connectivity index (χ0n) is 12.1. The predicted octanol–water partition coefficient (Wildman–Crippen LogP) is 2.90. The molecule has 0 radical (unpaired) electrons. The molecule has 2 aromatic heterocycles. The zero-order chi connectivity index (χ0) is 17.0. The Labute approximate surface area is 145 Å². The zero-order valence-corrected chi connectivity index (χ0v) is 14.6. The van der Waals surface area contributed by atoms with E-state index in [0.29, 0.717) is 25.9 Å². The third-order valence-corrected chi connectivity index (χ3v) is 5.09. The van der Waals surface area contributed by atoms with E-state index in [1.807, 2.05) is 6.07 Å². The summed E-state index contributed by atoms with van der Waals surface area (Å²) in [7, 11) is 1.27. The number of rotatable bonds is 3. The minimum Gasteiger partial charge on any atom is -0.465 e. The predicted molar refractivity (Wildman–Crippen MR) is 93.1 cm³/mol. The average Bonchev–Trinajstić information content (AvgIpc) is 3.15. The molecule has 0 unspecified atom stereocenters. The number of thiophene rings is 2. The van der Waals surface area contributed by atoms with Gasteiger partial charge in [0, 0.05) is 0 Å². The number of nitriles is 1. The minimum absolute atomic E-state index is 0.0533. The molecule has 0 fully saturated rings. The van der Waals surface area contributed by atoms with Crippen LogP contribution in [-0.2, 0) is 4.74 Å². The van der Waals surface area contributed by atoms with Crippen molar-refractivity contribution in [1.29, 1.82) is 5.26 Å². The van der Waals surface area contributed by atoms with Crippen LogP contribution in [0.25, 0.3) is 0 Å². The van der Waals surface area contributed by atoms with Crippen molar-refractivity contribution in [3.05, 3.63) is 38.4 Å². The largest absolute Gasteiger partial charge is 0.465 e. The van der Waals surface area contributed by atoms with Crippen molar-refractivity contribution in [2.45, 2.75) is 6.92 Å². The van der Waals surface area contributed by atoms with Crippen LogP contribution in [0.1, 0.15) is 30.5 Å². The summed E-state index contributed by atoms with van der Waals surface area (Å²) in [6.45, 7) is 1.65. The number of hydrogen-bond acceptors (Lipinski definition) is 7. The lowest BCUT2D eigenvalue weighted by Gasteiger charge is -2.07. The molecule has 2 heterocycles. The van der Waals surface area contributed by atoms with Gasteiger partial charge in [0.25, 0.3) is 5.91 Å². The summed E-state index contributed by atoms with van der Waals surface area (Å²) in [6.07, 6.45) is 0. The maximum absolute atomic E-state index is 11.9. The summed E-state index contributed by atoms with van der Waals surface area (Å²) in [5.41, 5.74) is 0.808. The molecule has 0 aliphatic heterocycles. The third kappa shape index (κ3) is 3.73. The number of nitrogens with zero attached hydrogens (tertiary/aromatic N) is 1. The Morgan fingerprint density at radius 1 is 1.43 bits per heavy atom. The molecule has 118 valence electrons. The topological polar surface area (TPSA) is 91.2 Å². The van der Waals surface area contributed by atoms with Crippen molar-refractivity contribution in [3.8, 4) is 6.07 Å². The Kier molecular flexibility index (Phi) is 5.44. The molecule has 0 aliphatic rings. The Bertz CT molecular complexity index is 803. The molecule has 2 aromatic rings. The number of ether oxygens (including phenoxy) is 1. The van der Waals surface area contributed by atoms with Crippen LogP contribution in [0.3, 0.4) is 0 Å². The molecule has 2 rings (SSSR count). The number of nitrogens with one attached hydrogen (secondary N) is 2. The number of carbonyl (C=O) groups is 2. The lowest BCUT2D eigenvalue weighted by atomic mass is 10.2. The highest BCUT2D eigenvalue weighted by Gasteiger charge is 2.21. The maximum atomic E-state index is 11.9. The van der Waals surface area contributed by atoms with E-state index >= 15 is 0 Å². The smallest absolute Gasteiger partial charge is 0.348 e. The summed E-state index contributed by atoms with van der Waals surface area (Å²) in [5, 5.41) is 16.8. The fraction of sp³-hybridized carbons (Fsp3) is 0.143. The molecule has 0 bridgehead atoms. The second-order valence-corrected chi connectivity index (χ2v) is 6.63. The average molecular weight is 365 g/mol. The van der Waals surface area contributed by atoms with Crippen LogP contribution in [0.2, 0.25) is 0 Å². The first kappa shape index (κ1) is 17.1. The van der Waals surface area contributed by atoms with Crippen molar-refractivity contribution < 1.29 is 14.3 Å². The van der Waals surface area contributed by atoms with Crippen LogP contribution in [0.5, 0.6) is 0 Å². The first-order valence-electron chi connectivity index (χ1n) is 6.25. The molecule has 2 N–H and O–H groups in total. The number of esters is 1. The molecule has 6 nitrogen and oxygen atoms in total. The van der Waals surface area contributed by atoms with Crippen LogP contribution in [0, 0.1) is 18.3 Å². The molecule has 0 saturated carbocycles. The molecule has 0 aliphatic carbocycles. The molecule has 0 saturated heterocycles. The maximum Gasteiger partial charge on any atom is 0.348 e.